The van der Waals surface area contributed by atoms with E-state index in [4.69, 9.17) is 5.11 Å². The van der Waals surface area contributed by atoms with Crippen LogP contribution < -0.4 is 4.90 Å². The van der Waals surface area contributed by atoms with Crippen molar-refractivity contribution in [2.75, 3.05) is 25.0 Å². The lowest BCUT2D eigenvalue weighted by molar-refractivity contribution is -0.137. The topological polar surface area (TPSA) is 43.8 Å². The summed E-state index contributed by atoms with van der Waals surface area (Å²) >= 11 is 0. The first-order chi connectivity index (χ1) is 9.47. The van der Waals surface area contributed by atoms with E-state index in [9.17, 15) is 4.79 Å². The predicted molar refractivity (Wildman–Crippen MR) is 81.2 cm³/mol. The monoisotopic (exact) mass is 276 g/mol. The Bertz CT molecular complexity index is 485. The molecule has 1 aromatic carbocycles. The summed E-state index contributed by atoms with van der Waals surface area (Å²) in [5, 5.41) is 8.83. The van der Waals surface area contributed by atoms with Crippen molar-refractivity contribution in [1.29, 1.82) is 0 Å². The highest BCUT2D eigenvalue weighted by atomic mass is 16.4. The molecule has 0 spiro atoms. The van der Waals surface area contributed by atoms with E-state index in [0.29, 0.717) is 12.6 Å². The van der Waals surface area contributed by atoms with E-state index in [2.05, 4.69) is 48.9 Å². The third-order valence-corrected chi connectivity index (χ3v) is 4.00. The van der Waals surface area contributed by atoms with Gasteiger partial charge in [-0.3, -0.25) is 9.69 Å². The Morgan fingerprint density at radius 2 is 2.20 bits per heavy atom. The number of carbonyl (C=O) groups is 1. The molecule has 1 N–H and O–H groups in total. The molecule has 0 saturated carbocycles. The smallest absolute Gasteiger partial charge is 0.304 e. The molecular weight excluding hydrogens is 252 g/mol. The van der Waals surface area contributed by atoms with Crippen molar-refractivity contribution >= 4 is 11.7 Å². The first-order valence-corrected chi connectivity index (χ1v) is 7.26. The van der Waals surface area contributed by atoms with Crippen molar-refractivity contribution < 1.29 is 9.90 Å². The molecule has 4 nitrogen and oxygen atoms in total. The van der Waals surface area contributed by atoms with Crippen LogP contribution in [0.4, 0.5) is 5.69 Å². The third-order valence-electron chi connectivity index (χ3n) is 4.00. The summed E-state index contributed by atoms with van der Waals surface area (Å²) in [6.45, 7) is 6.74. The molecule has 0 atom stereocenters. The molecule has 1 heterocycles. The fourth-order valence-corrected chi connectivity index (χ4v) is 2.71. The fraction of sp³-hybridized carbons (Fsp3) is 0.562. The van der Waals surface area contributed by atoms with E-state index in [0.717, 1.165) is 19.5 Å². The summed E-state index contributed by atoms with van der Waals surface area (Å²) in [5.74, 6) is -0.730. The molecule has 110 valence electrons. The molecule has 1 aliphatic heterocycles. The minimum atomic E-state index is -0.730. The van der Waals surface area contributed by atoms with Gasteiger partial charge in [-0.05, 0) is 37.5 Å². The van der Waals surface area contributed by atoms with Crippen LogP contribution >= 0.6 is 0 Å². The number of nitrogens with zero attached hydrogens (tertiary/aromatic N) is 2. The van der Waals surface area contributed by atoms with Crippen molar-refractivity contribution in [3.8, 4) is 0 Å². The molecule has 0 radical (unpaired) electrons. The lowest BCUT2D eigenvalue weighted by Gasteiger charge is -2.26. The van der Waals surface area contributed by atoms with Gasteiger partial charge in [0.1, 0.15) is 0 Å². The maximum absolute atomic E-state index is 10.7. The third kappa shape index (κ3) is 3.51. The van der Waals surface area contributed by atoms with Crippen molar-refractivity contribution in [1.82, 2.24) is 4.90 Å². The van der Waals surface area contributed by atoms with Gasteiger partial charge in [0.25, 0.3) is 0 Å². The van der Waals surface area contributed by atoms with Crippen LogP contribution in [-0.4, -0.2) is 42.2 Å². The van der Waals surface area contributed by atoms with Crippen LogP contribution in [0.25, 0.3) is 0 Å². The molecule has 2 rings (SSSR count). The summed E-state index contributed by atoms with van der Waals surface area (Å²) in [7, 11) is 2.12. The highest BCUT2D eigenvalue weighted by Crippen LogP contribution is 2.27. The summed E-state index contributed by atoms with van der Waals surface area (Å²) in [6, 6.07) is 6.98. The number of carboxylic acids is 1. The number of benzene rings is 1. The number of carboxylic acid groups (broad SMARTS) is 1. The highest BCUT2D eigenvalue weighted by molar-refractivity contribution is 5.66. The number of aliphatic carboxylic acids is 1. The lowest BCUT2D eigenvalue weighted by Crippen LogP contribution is -2.32. The number of anilines is 1. The Balaban J connectivity index is 2.05. The van der Waals surface area contributed by atoms with Crippen LogP contribution in [0.3, 0.4) is 0 Å². The van der Waals surface area contributed by atoms with Crippen LogP contribution in [0.1, 0.15) is 31.4 Å². The molecule has 1 aromatic rings. The van der Waals surface area contributed by atoms with Gasteiger partial charge >= 0.3 is 5.97 Å². The van der Waals surface area contributed by atoms with E-state index < -0.39 is 5.97 Å². The number of rotatable bonds is 6. The molecule has 4 heteroatoms. The Morgan fingerprint density at radius 3 is 2.85 bits per heavy atom. The first kappa shape index (κ1) is 14.9. The van der Waals surface area contributed by atoms with E-state index in [1.165, 1.54) is 16.8 Å². The molecule has 0 unspecified atom stereocenters. The second-order valence-electron chi connectivity index (χ2n) is 5.84. The zero-order chi connectivity index (χ0) is 14.7. The van der Waals surface area contributed by atoms with Gasteiger partial charge in [0, 0.05) is 38.4 Å². The van der Waals surface area contributed by atoms with E-state index >= 15 is 0 Å². The second-order valence-corrected chi connectivity index (χ2v) is 5.84. The van der Waals surface area contributed by atoms with Crippen molar-refractivity contribution in [2.24, 2.45) is 0 Å². The van der Waals surface area contributed by atoms with E-state index in [1.54, 1.807) is 0 Å². The number of hydrogen-bond donors (Lipinski definition) is 1. The van der Waals surface area contributed by atoms with Gasteiger partial charge in [0.05, 0.1) is 6.42 Å². The predicted octanol–water partition coefficient (Wildman–Crippen LogP) is 2.36. The van der Waals surface area contributed by atoms with Crippen molar-refractivity contribution in [2.45, 2.75) is 39.3 Å². The summed E-state index contributed by atoms with van der Waals surface area (Å²) in [6.07, 6.45) is 1.31. The first-order valence-electron chi connectivity index (χ1n) is 7.26. The summed E-state index contributed by atoms with van der Waals surface area (Å²) < 4.78 is 0. The Morgan fingerprint density at radius 1 is 1.45 bits per heavy atom. The number of likely N-dealkylation sites (N-methyl/N-ethyl adjacent to an activating group) is 1. The van der Waals surface area contributed by atoms with Crippen LogP contribution in [0.5, 0.6) is 0 Å². The van der Waals surface area contributed by atoms with Gasteiger partial charge < -0.3 is 10.0 Å². The minimum Gasteiger partial charge on any atom is -0.481 e. The van der Waals surface area contributed by atoms with Crippen LogP contribution in [0.2, 0.25) is 0 Å². The van der Waals surface area contributed by atoms with Crippen molar-refractivity contribution in [3.05, 3.63) is 29.3 Å². The molecule has 0 fully saturated rings. The standard InChI is InChI=1S/C16H24N2O2/c1-12(2)18(9-7-16(19)20)11-13-4-5-15-14(10-13)6-8-17(15)3/h4-5,10,12H,6-9,11H2,1-3H3,(H,19,20). The molecule has 0 amide bonds. The molecule has 0 aliphatic carbocycles. The van der Waals surface area contributed by atoms with Crippen molar-refractivity contribution in [3.63, 3.8) is 0 Å². The average Bonchev–Trinajstić information content (AvgIpc) is 2.75. The Labute approximate surface area is 121 Å². The molecule has 20 heavy (non-hydrogen) atoms. The molecule has 1 aliphatic rings. The summed E-state index contributed by atoms with van der Waals surface area (Å²) in [4.78, 5) is 15.2. The highest BCUT2D eigenvalue weighted by Gasteiger charge is 2.17. The fourth-order valence-electron chi connectivity index (χ4n) is 2.71. The zero-order valence-corrected chi connectivity index (χ0v) is 12.6. The normalized spacial score (nSPS) is 14.2. The maximum Gasteiger partial charge on any atom is 0.304 e. The largest absolute Gasteiger partial charge is 0.481 e. The van der Waals surface area contributed by atoms with Gasteiger partial charge in [-0.2, -0.15) is 0 Å². The zero-order valence-electron chi connectivity index (χ0n) is 12.6. The minimum absolute atomic E-state index is 0.200. The average molecular weight is 276 g/mol. The van der Waals surface area contributed by atoms with Crippen LogP contribution in [0.15, 0.2) is 18.2 Å². The van der Waals surface area contributed by atoms with Gasteiger partial charge in [-0.25, -0.2) is 0 Å². The molecule has 0 saturated heterocycles. The van der Waals surface area contributed by atoms with Gasteiger partial charge in [0.15, 0.2) is 0 Å². The van der Waals surface area contributed by atoms with Crippen LogP contribution in [0, 0.1) is 0 Å². The number of fused-ring (bicyclic) bond motifs is 1. The molecular formula is C16H24N2O2. The van der Waals surface area contributed by atoms with E-state index in [1.807, 2.05) is 0 Å². The van der Waals surface area contributed by atoms with Gasteiger partial charge in [-0.1, -0.05) is 12.1 Å². The van der Waals surface area contributed by atoms with E-state index in [-0.39, 0.29) is 6.42 Å². The summed E-state index contributed by atoms with van der Waals surface area (Å²) in [5.41, 5.74) is 4.01. The number of hydrogen-bond acceptors (Lipinski definition) is 3. The molecule has 0 bridgehead atoms. The quantitative estimate of drug-likeness (QED) is 0.866. The lowest BCUT2D eigenvalue weighted by atomic mass is 10.1. The SMILES string of the molecule is CC(C)N(CCC(=O)O)Cc1ccc2c(c1)CCN2C. The maximum atomic E-state index is 10.7. The van der Waals surface area contributed by atoms with Gasteiger partial charge in [-0.15, -0.1) is 0 Å². The van der Waals surface area contributed by atoms with Gasteiger partial charge in [0.2, 0.25) is 0 Å². The Kier molecular flexibility index (Phi) is 4.65. The molecule has 0 aromatic heterocycles. The Hall–Kier alpha value is -1.55. The van der Waals surface area contributed by atoms with Crippen LogP contribution in [-0.2, 0) is 17.8 Å². The second kappa shape index (κ2) is 6.27.